The topological polar surface area (TPSA) is 47.8 Å². The first-order valence-electron chi connectivity index (χ1n) is 4.76. The van der Waals surface area contributed by atoms with E-state index in [1.807, 2.05) is 6.92 Å². The van der Waals surface area contributed by atoms with Gasteiger partial charge in [-0.25, -0.2) is 9.67 Å². The summed E-state index contributed by atoms with van der Waals surface area (Å²) in [6.07, 6.45) is 4.76. The van der Waals surface area contributed by atoms with E-state index in [4.69, 9.17) is 11.6 Å². The zero-order valence-electron chi connectivity index (χ0n) is 8.94. The summed E-state index contributed by atoms with van der Waals surface area (Å²) in [6.45, 7) is 3.39. The number of hydrogen-bond donors (Lipinski definition) is 0. The Labute approximate surface area is 97.9 Å². The molecule has 0 saturated carbocycles. The van der Waals surface area contributed by atoms with Crippen LogP contribution >= 0.6 is 11.6 Å². The molecule has 5 heteroatoms. The predicted octanol–water partition coefficient (Wildman–Crippen LogP) is 2.43. The van der Waals surface area contributed by atoms with Crippen LogP contribution in [0.2, 0.25) is 5.02 Å². The lowest BCUT2D eigenvalue weighted by Gasteiger charge is -2.05. The molecule has 16 heavy (non-hydrogen) atoms. The minimum Gasteiger partial charge on any atom is -0.294 e. The Bertz CT molecular complexity index is 548. The monoisotopic (exact) mass is 235 g/mol. The molecule has 2 aromatic rings. The van der Waals surface area contributed by atoms with Crippen LogP contribution < -0.4 is 0 Å². The number of halogens is 1. The maximum atomic E-state index is 11.2. The highest BCUT2D eigenvalue weighted by Crippen LogP contribution is 2.14. The Kier molecular flexibility index (Phi) is 2.75. The van der Waals surface area contributed by atoms with Gasteiger partial charge in [0.25, 0.3) is 0 Å². The van der Waals surface area contributed by atoms with Crippen molar-refractivity contribution in [2.24, 2.45) is 0 Å². The second kappa shape index (κ2) is 4.06. The van der Waals surface area contributed by atoms with Crippen LogP contribution in [0.1, 0.15) is 22.8 Å². The molecule has 0 spiro atoms. The van der Waals surface area contributed by atoms with E-state index in [0.29, 0.717) is 16.4 Å². The lowest BCUT2D eigenvalue weighted by atomic mass is 10.1. The highest BCUT2D eigenvalue weighted by molar-refractivity contribution is 6.30. The van der Waals surface area contributed by atoms with Gasteiger partial charge in [-0.1, -0.05) is 11.6 Å². The normalized spacial score (nSPS) is 10.4. The highest BCUT2D eigenvalue weighted by atomic mass is 35.5. The molecule has 82 valence electrons. The molecule has 0 radical (unpaired) electrons. The number of carbonyl (C=O) groups excluding carboxylic acids is 1. The van der Waals surface area contributed by atoms with Crippen molar-refractivity contribution >= 4 is 17.4 Å². The molecule has 0 saturated heterocycles. The van der Waals surface area contributed by atoms with Crippen molar-refractivity contribution in [3.8, 4) is 5.82 Å². The summed E-state index contributed by atoms with van der Waals surface area (Å²) < 4.78 is 1.58. The number of ketones is 1. The number of hydrogen-bond acceptors (Lipinski definition) is 3. The third-order valence-corrected chi connectivity index (χ3v) is 2.42. The Hall–Kier alpha value is -1.68. The third kappa shape index (κ3) is 1.97. The Morgan fingerprint density at radius 2 is 2.19 bits per heavy atom. The highest BCUT2D eigenvalue weighted by Gasteiger charge is 2.07. The smallest absolute Gasteiger partial charge is 0.161 e. The van der Waals surface area contributed by atoms with Crippen molar-refractivity contribution in [1.29, 1.82) is 0 Å². The fourth-order valence-corrected chi connectivity index (χ4v) is 1.55. The summed E-state index contributed by atoms with van der Waals surface area (Å²) in [5, 5.41) is 4.61. The van der Waals surface area contributed by atoms with Crippen LogP contribution in [0, 0.1) is 6.92 Å². The summed E-state index contributed by atoms with van der Waals surface area (Å²) in [5.74, 6) is 0.678. The van der Waals surface area contributed by atoms with E-state index in [0.717, 1.165) is 5.56 Å². The van der Waals surface area contributed by atoms with Gasteiger partial charge in [0.2, 0.25) is 0 Å². The standard InChI is InChI=1S/C11H10ClN3O/c1-7-3-9(8(2)16)4-13-11(7)15-6-10(12)5-14-15/h3-6H,1-2H3. The number of carbonyl (C=O) groups is 1. The van der Waals surface area contributed by atoms with Crippen LogP contribution in [0.15, 0.2) is 24.7 Å². The average molecular weight is 236 g/mol. The van der Waals surface area contributed by atoms with Gasteiger partial charge >= 0.3 is 0 Å². The van der Waals surface area contributed by atoms with E-state index < -0.39 is 0 Å². The van der Waals surface area contributed by atoms with Gasteiger partial charge in [-0.05, 0) is 25.5 Å². The van der Waals surface area contributed by atoms with Crippen LogP contribution in [-0.2, 0) is 0 Å². The maximum absolute atomic E-state index is 11.2. The Morgan fingerprint density at radius 3 is 2.69 bits per heavy atom. The van der Waals surface area contributed by atoms with Crippen molar-refractivity contribution in [2.75, 3.05) is 0 Å². The molecule has 0 amide bonds. The van der Waals surface area contributed by atoms with Crippen LogP contribution in [0.5, 0.6) is 0 Å². The van der Waals surface area contributed by atoms with Crippen LogP contribution in [-0.4, -0.2) is 20.5 Å². The molecule has 0 bridgehead atoms. The van der Waals surface area contributed by atoms with E-state index in [1.54, 1.807) is 29.3 Å². The van der Waals surface area contributed by atoms with Crippen molar-refractivity contribution < 1.29 is 4.79 Å². The summed E-state index contributed by atoms with van der Waals surface area (Å²) in [4.78, 5) is 15.4. The number of Topliss-reactive ketones (excluding diaryl/α,β-unsaturated/α-hetero) is 1. The quantitative estimate of drug-likeness (QED) is 0.751. The van der Waals surface area contributed by atoms with Crippen LogP contribution in [0.4, 0.5) is 0 Å². The van der Waals surface area contributed by atoms with Gasteiger partial charge in [0.15, 0.2) is 11.6 Å². The Balaban J connectivity index is 2.47. The molecule has 4 nitrogen and oxygen atoms in total. The first-order valence-corrected chi connectivity index (χ1v) is 5.14. The summed E-state index contributed by atoms with van der Waals surface area (Å²) in [5.41, 5.74) is 1.48. The van der Waals surface area contributed by atoms with E-state index >= 15 is 0 Å². The molecular weight excluding hydrogens is 226 g/mol. The van der Waals surface area contributed by atoms with Gasteiger partial charge in [-0.2, -0.15) is 5.10 Å². The first-order chi connectivity index (χ1) is 7.58. The average Bonchev–Trinajstić information content (AvgIpc) is 2.64. The molecule has 2 rings (SSSR count). The van der Waals surface area contributed by atoms with E-state index in [9.17, 15) is 4.79 Å². The van der Waals surface area contributed by atoms with Gasteiger partial charge in [0.1, 0.15) is 0 Å². The molecule has 0 fully saturated rings. The third-order valence-electron chi connectivity index (χ3n) is 2.23. The number of rotatable bonds is 2. The molecule has 0 aromatic carbocycles. The zero-order chi connectivity index (χ0) is 11.7. The van der Waals surface area contributed by atoms with Crippen molar-refractivity contribution in [3.63, 3.8) is 0 Å². The van der Waals surface area contributed by atoms with Gasteiger partial charge in [0, 0.05) is 11.8 Å². The molecule has 0 atom stereocenters. The molecule has 0 unspecified atom stereocenters. The van der Waals surface area contributed by atoms with Crippen LogP contribution in [0.3, 0.4) is 0 Å². The summed E-state index contributed by atoms with van der Waals surface area (Å²) in [6, 6.07) is 1.79. The SMILES string of the molecule is CC(=O)c1cnc(-n2cc(Cl)cn2)c(C)c1. The lowest BCUT2D eigenvalue weighted by Crippen LogP contribution is -2.03. The summed E-state index contributed by atoms with van der Waals surface area (Å²) >= 11 is 5.78. The first kappa shape index (κ1) is 10.8. The minimum atomic E-state index is 0.000600. The Morgan fingerprint density at radius 1 is 1.44 bits per heavy atom. The number of pyridine rings is 1. The number of nitrogens with zero attached hydrogens (tertiary/aromatic N) is 3. The molecule has 0 aliphatic carbocycles. The van der Waals surface area contributed by atoms with E-state index in [1.165, 1.54) is 6.92 Å². The largest absolute Gasteiger partial charge is 0.294 e. The lowest BCUT2D eigenvalue weighted by molar-refractivity contribution is 0.101. The van der Waals surface area contributed by atoms with Gasteiger partial charge in [-0.3, -0.25) is 4.79 Å². The minimum absolute atomic E-state index is 0.000600. The van der Waals surface area contributed by atoms with Crippen molar-refractivity contribution in [1.82, 2.24) is 14.8 Å². The van der Waals surface area contributed by atoms with E-state index in [-0.39, 0.29) is 5.78 Å². The predicted molar refractivity (Wildman–Crippen MR) is 61.1 cm³/mol. The molecule has 0 aliphatic heterocycles. The zero-order valence-corrected chi connectivity index (χ0v) is 9.69. The second-order valence-electron chi connectivity index (χ2n) is 3.52. The summed E-state index contributed by atoms with van der Waals surface area (Å²) in [7, 11) is 0. The second-order valence-corrected chi connectivity index (χ2v) is 3.96. The number of aromatic nitrogens is 3. The van der Waals surface area contributed by atoms with Crippen molar-refractivity contribution in [3.05, 3.63) is 40.8 Å². The van der Waals surface area contributed by atoms with Crippen molar-refractivity contribution in [2.45, 2.75) is 13.8 Å². The molecule has 2 heterocycles. The number of aryl methyl sites for hydroxylation is 1. The van der Waals surface area contributed by atoms with Gasteiger partial charge < -0.3 is 0 Å². The molecule has 0 N–H and O–H groups in total. The molecular formula is C11H10ClN3O. The fraction of sp³-hybridized carbons (Fsp3) is 0.182. The van der Waals surface area contributed by atoms with Crippen LogP contribution in [0.25, 0.3) is 5.82 Å². The maximum Gasteiger partial charge on any atom is 0.161 e. The fourth-order valence-electron chi connectivity index (χ4n) is 1.42. The van der Waals surface area contributed by atoms with Gasteiger partial charge in [-0.15, -0.1) is 0 Å². The molecule has 2 aromatic heterocycles. The van der Waals surface area contributed by atoms with E-state index in [2.05, 4.69) is 10.1 Å². The molecule has 0 aliphatic rings. The van der Waals surface area contributed by atoms with Gasteiger partial charge in [0.05, 0.1) is 17.4 Å².